The maximum Gasteiger partial charge on any atom is 0.404 e. The summed E-state index contributed by atoms with van der Waals surface area (Å²) in [6.07, 6.45) is -0.895. The largest absolute Gasteiger partial charge is 0.442 e. The van der Waals surface area contributed by atoms with Gasteiger partial charge in [-0.25, -0.2) is 9.78 Å². The molecule has 1 aromatic heterocycles. The Balaban J connectivity index is 0.000000237. The molecule has 0 aliphatic rings. The molecule has 0 aliphatic heterocycles. The van der Waals surface area contributed by atoms with Crippen LogP contribution in [0.4, 0.5) is 4.79 Å². The fourth-order valence-corrected chi connectivity index (χ4v) is 7.77. The van der Waals surface area contributed by atoms with Gasteiger partial charge in [-0.05, 0) is 40.8 Å². The van der Waals surface area contributed by atoms with Gasteiger partial charge in [0.15, 0.2) is 6.61 Å². The van der Waals surface area contributed by atoms with Gasteiger partial charge in [0, 0.05) is 28.6 Å². The summed E-state index contributed by atoms with van der Waals surface area (Å²) < 4.78 is 35.6. The number of carbonyl (C=O) groups excluding carboxylic acids is 1. The normalized spacial score (nSPS) is 11.2. The minimum atomic E-state index is -3.27. The van der Waals surface area contributed by atoms with Crippen LogP contribution < -0.4 is 5.73 Å². The number of imidazole rings is 1. The van der Waals surface area contributed by atoms with Crippen LogP contribution in [0.15, 0.2) is 119 Å². The number of benzene rings is 4. The van der Waals surface area contributed by atoms with Gasteiger partial charge in [0.1, 0.15) is 17.2 Å². The van der Waals surface area contributed by atoms with Crippen LogP contribution in [0.3, 0.4) is 0 Å². The van der Waals surface area contributed by atoms with Gasteiger partial charge in [-0.2, -0.15) is 0 Å². The monoisotopic (exact) mass is 755 g/mol. The third-order valence-electron chi connectivity index (χ3n) is 6.98. The summed E-state index contributed by atoms with van der Waals surface area (Å²) in [5.41, 5.74) is 9.07. The molecule has 0 unspecified atom stereocenters. The van der Waals surface area contributed by atoms with E-state index in [4.69, 9.17) is 52.4 Å². The van der Waals surface area contributed by atoms with Crippen molar-refractivity contribution in [3.05, 3.63) is 147 Å². The van der Waals surface area contributed by atoms with E-state index in [2.05, 4.69) is 13.8 Å². The smallest absolute Gasteiger partial charge is 0.404 e. The van der Waals surface area contributed by atoms with Gasteiger partial charge < -0.3 is 28.8 Å². The Labute approximate surface area is 307 Å². The third-order valence-corrected chi connectivity index (χ3v) is 10.1. The molecule has 0 aliphatic carbocycles. The van der Waals surface area contributed by atoms with Crippen molar-refractivity contribution in [2.45, 2.75) is 56.1 Å². The van der Waals surface area contributed by atoms with Gasteiger partial charge in [0.05, 0.1) is 18.9 Å². The summed E-state index contributed by atoms with van der Waals surface area (Å²) in [6, 6.07) is 34.6. The van der Waals surface area contributed by atoms with Crippen LogP contribution in [0, 0.1) is 0 Å². The van der Waals surface area contributed by atoms with Gasteiger partial charge in [0.2, 0.25) is 0 Å². The molecule has 2 N–H and O–H groups in total. The van der Waals surface area contributed by atoms with Crippen molar-refractivity contribution in [2.75, 3.05) is 13.5 Å². The zero-order valence-electron chi connectivity index (χ0n) is 28.0. The number of primary amides is 1. The summed E-state index contributed by atoms with van der Waals surface area (Å²) in [4.78, 5) is 16.8. The number of aromatic nitrogens is 2. The number of amides is 1. The van der Waals surface area contributed by atoms with E-state index in [0.717, 1.165) is 32.3 Å². The lowest BCUT2D eigenvalue weighted by atomic mass is 10.1. The van der Waals surface area contributed by atoms with Crippen LogP contribution in [-0.2, 0) is 49.5 Å². The molecule has 0 atom stereocenters. The summed E-state index contributed by atoms with van der Waals surface area (Å²) in [6.45, 7) is 5.19. The minimum absolute atomic E-state index is 0.00124. The first-order chi connectivity index (χ1) is 24.0. The number of nitrogens with two attached hydrogens (primary N) is 1. The highest BCUT2D eigenvalue weighted by molar-refractivity contribution is 7.99. The van der Waals surface area contributed by atoms with Crippen LogP contribution in [-0.4, -0.2) is 29.1 Å². The molecule has 264 valence electrons. The van der Waals surface area contributed by atoms with E-state index >= 15 is 0 Å². The molecule has 13 heteroatoms. The Kier molecular flexibility index (Phi) is 15.4. The van der Waals surface area contributed by atoms with Crippen molar-refractivity contribution in [2.24, 2.45) is 5.73 Å². The lowest BCUT2D eigenvalue weighted by Crippen LogP contribution is -2.15. The van der Waals surface area contributed by atoms with E-state index in [-0.39, 0.29) is 32.1 Å². The molecular weight excluding hydrogens is 716 g/mol. The second-order valence-electron chi connectivity index (χ2n) is 11.3. The second-order valence-corrected chi connectivity index (χ2v) is 15.2. The van der Waals surface area contributed by atoms with Crippen LogP contribution in [0.25, 0.3) is 0 Å². The molecule has 0 fully saturated rings. The number of hydrogen-bond donors (Lipinski definition) is 1. The van der Waals surface area contributed by atoms with Crippen molar-refractivity contribution < 1.29 is 27.9 Å². The van der Waals surface area contributed by atoms with E-state index in [1.54, 1.807) is 6.07 Å². The van der Waals surface area contributed by atoms with Crippen LogP contribution in [0.5, 0.6) is 0 Å². The molecule has 0 saturated carbocycles. The quantitative estimate of drug-likeness (QED) is 0.105. The van der Waals surface area contributed by atoms with Gasteiger partial charge in [0.25, 0.3) is 0 Å². The average molecular weight is 757 g/mol. The number of nitrogens with zero attached hydrogens (tertiary/aromatic N) is 2. The minimum Gasteiger partial charge on any atom is -0.442 e. The standard InChI is InChI=1S/C21H21Cl2N3O2S.C16H19O4P/c1-13(2)19-20(29-17-9-15(22)8-16(23)10-17)26(11-14-6-4-3-5-7-14)18(25-19)12-28-21(24)27;1-18-14-21(17,19-12-15-8-4-2-5-9-15)20-13-16-10-6-3-7-11-16/h3-10,13H,11-12H2,1-2H3,(H2,24,27);2-11H,12-14H2,1H3. The molecule has 4 aromatic carbocycles. The van der Waals surface area contributed by atoms with Crippen LogP contribution in [0.1, 0.15) is 48.0 Å². The van der Waals surface area contributed by atoms with E-state index < -0.39 is 13.7 Å². The number of carbonyl (C=O) groups is 1. The molecule has 9 nitrogen and oxygen atoms in total. The Morgan fingerprint density at radius 1 is 0.820 bits per heavy atom. The van der Waals surface area contributed by atoms with Gasteiger partial charge in [-0.3, -0.25) is 4.57 Å². The number of methoxy groups -OCH3 is 1. The second kappa shape index (κ2) is 19.7. The van der Waals surface area contributed by atoms with Crippen LogP contribution >= 0.6 is 42.6 Å². The summed E-state index contributed by atoms with van der Waals surface area (Å²) in [7, 11) is -1.80. The van der Waals surface area contributed by atoms with Gasteiger partial charge in [-0.15, -0.1) is 0 Å². The van der Waals surface area contributed by atoms with Gasteiger partial charge in [-0.1, -0.05) is 140 Å². The maximum atomic E-state index is 12.6. The first kappa shape index (κ1) is 39.2. The maximum absolute atomic E-state index is 12.6. The first-order valence-electron chi connectivity index (χ1n) is 15.7. The highest BCUT2D eigenvalue weighted by Gasteiger charge is 2.25. The molecule has 1 amide bonds. The molecule has 5 aromatic rings. The fourth-order valence-electron chi connectivity index (χ4n) is 4.62. The predicted octanol–water partition coefficient (Wildman–Crippen LogP) is 10.3. The molecule has 0 spiro atoms. The summed E-state index contributed by atoms with van der Waals surface area (Å²) in [5.74, 6) is 0.795. The first-order valence-corrected chi connectivity index (χ1v) is 19.0. The molecular formula is C37H40Cl2N3O6PS. The average Bonchev–Trinajstić information content (AvgIpc) is 3.43. The molecule has 0 saturated heterocycles. The SMILES string of the molecule is CC(C)c1nc(COC(N)=O)n(Cc2ccccc2)c1Sc1cc(Cl)cc(Cl)c1.COCP(=O)(OCc1ccccc1)OCc1ccccc1. The summed E-state index contributed by atoms with van der Waals surface area (Å²) >= 11 is 13.9. The highest BCUT2D eigenvalue weighted by Crippen LogP contribution is 2.49. The molecule has 50 heavy (non-hydrogen) atoms. The third kappa shape index (κ3) is 12.6. The number of rotatable bonds is 15. The molecule has 5 rings (SSSR count). The predicted molar refractivity (Wildman–Crippen MR) is 199 cm³/mol. The zero-order chi connectivity index (χ0) is 35.9. The molecule has 0 bridgehead atoms. The van der Waals surface area contributed by atoms with Crippen molar-refractivity contribution in [3.63, 3.8) is 0 Å². The Morgan fingerprint density at radius 3 is 1.78 bits per heavy atom. The van der Waals surface area contributed by atoms with E-state index in [1.165, 1.54) is 18.9 Å². The highest BCUT2D eigenvalue weighted by atomic mass is 35.5. The van der Waals surface area contributed by atoms with Crippen molar-refractivity contribution >= 4 is 48.7 Å². The topological polar surface area (TPSA) is 115 Å². The fraction of sp³-hybridized carbons (Fsp3) is 0.243. The number of ether oxygens (including phenoxy) is 2. The Bertz CT molecular complexity index is 1780. The van der Waals surface area contributed by atoms with E-state index in [9.17, 15) is 9.36 Å². The van der Waals surface area contributed by atoms with Crippen molar-refractivity contribution in [3.8, 4) is 0 Å². The van der Waals surface area contributed by atoms with Crippen LogP contribution in [0.2, 0.25) is 10.0 Å². The molecule has 0 radical (unpaired) electrons. The number of halogens is 2. The lowest BCUT2D eigenvalue weighted by molar-refractivity contribution is 0.145. The Hall–Kier alpha value is -3.60. The zero-order valence-corrected chi connectivity index (χ0v) is 31.3. The van der Waals surface area contributed by atoms with Crippen molar-refractivity contribution in [1.29, 1.82) is 0 Å². The Morgan fingerprint density at radius 2 is 1.32 bits per heavy atom. The van der Waals surface area contributed by atoms with E-state index in [1.807, 2.05) is 108 Å². The lowest BCUT2D eigenvalue weighted by Gasteiger charge is -2.18. The van der Waals surface area contributed by atoms with Crippen molar-refractivity contribution in [1.82, 2.24) is 9.55 Å². The van der Waals surface area contributed by atoms with Gasteiger partial charge >= 0.3 is 13.7 Å². The number of hydrogen-bond acceptors (Lipinski definition) is 8. The van der Waals surface area contributed by atoms with E-state index in [0.29, 0.717) is 22.4 Å². The molecule has 1 heterocycles. The summed E-state index contributed by atoms with van der Waals surface area (Å²) in [5, 5.41) is 2.08.